The van der Waals surface area contributed by atoms with Crippen molar-refractivity contribution in [3.05, 3.63) is 0 Å². The average molecular weight is 295 g/mol. The molecule has 0 radical (unpaired) electrons. The van der Waals surface area contributed by atoms with Gasteiger partial charge >= 0.3 is 6.01 Å². The molecule has 1 fully saturated rings. The fourth-order valence-electron chi connectivity index (χ4n) is 2.34. The predicted octanol–water partition coefficient (Wildman–Crippen LogP) is 1.30. The Morgan fingerprint density at radius 2 is 2.05 bits per heavy atom. The van der Waals surface area contributed by atoms with Crippen LogP contribution in [0.3, 0.4) is 0 Å². The van der Waals surface area contributed by atoms with Crippen LogP contribution in [0, 0.1) is 5.92 Å². The second-order valence-electron chi connectivity index (χ2n) is 5.47. The molecular formula is C14H25N5O2. The molecule has 1 aliphatic carbocycles. The third-order valence-corrected chi connectivity index (χ3v) is 3.49. The average Bonchev–Trinajstić information content (AvgIpc) is 2.43. The van der Waals surface area contributed by atoms with Crippen molar-refractivity contribution >= 4 is 11.9 Å². The Morgan fingerprint density at radius 1 is 1.29 bits per heavy atom. The zero-order valence-electron chi connectivity index (χ0n) is 13.0. The summed E-state index contributed by atoms with van der Waals surface area (Å²) >= 11 is 0. The van der Waals surface area contributed by atoms with E-state index in [4.69, 9.17) is 4.74 Å². The highest BCUT2D eigenvalue weighted by molar-refractivity contribution is 5.37. The molecule has 0 atom stereocenters. The van der Waals surface area contributed by atoms with Gasteiger partial charge in [0, 0.05) is 20.1 Å². The van der Waals surface area contributed by atoms with Crippen LogP contribution >= 0.6 is 0 Å². The highest BCUT2D eigenvalue weighted by Gasteiger charge is 2.28. The molecule has 2 rings (SSSR count). The lowest BCUT2D eigenvalue weighted by Gasteiger charge is -2.34. The maximum Gasteiger partial charge on any atom is 0.323 e. The van der Waals surface area contributed by atoms with Crippen molar-refractivity contribution in [1.82, 2.24) is 15.0 Å². The number of ether oxygens (including phenoxy) is 1. The van der Waals surface area contributed by atoms with Crippen molar-refractivity contribution in [2.45, 2.75) is 39.2 Å². The van der Waals surface area contributed by atoms with Crippen LogP contribution in [0.25, 0.3) is 0 Å². The number of aromatic nitrogens is 3. The molecule has 0 spiro atoms. The second kappa shape index (κ2) is 7.40. The molecule has 7 nitrogen and oxygen atoms in total. The van der Waals surface area contributed by atoms with Crippen molar-refractivity contribution < 1.29 is 9.84 Å². The normalized spacial score (nSPS) is 20.8. The molecule has 0 aliphatic heterocycles. The fraction of sp³-hybridized carbons (Fsp3) is 0.786. The predicted molar refractivity (Wildman–Crippen MR) is 81.8 cm³/mol. The van der Waals surface area contributed by atoms with Crippen molar-refractivity contribution in [2.24, 2.45) is 5.92 Å². The Labute approximate surface area is 125 Å². The van der Waals surface area contributed by atoms with Gasteiger partial charge in [-0.15, -0.1) is 0 Å². The van der Waals surface area contributed by atoms with Crippen LogP contribution in [-0.2, 0) is 0 Å². The summed E-state index contributed by atoms with van der Waals surface area (Å²) in [7, 11) is 1.96. The second-order valence-corrected chi connectivity index (χ2v) is 5.47. The molecule has 0 saturated heterocycles. The summed E-state index contributed by atoms with van der Waals surface area (Å²) in [5, 5.41) is 12.5. The SMILES string of the molecule is CCCNc1nc(OCC)nc(N(C)CC2CC(O)C2)n1. The number of aliphatic hydroxyl groups excluding tert-OH is 1. The van der Waals surface area contributed by atoms with Crippen molar-refractivity contribution in [3.8, 4) is 6.01 Å². The summed E-state index contributed by atoms with van der Waals surface area (Å²) < 4.78 is 5.41. The summed E-state index contributed by atoms with van der Waals surface area (Å²) in [5.41, 5.74) is 0. The molecule has 2 N–H and O–H groups in total. The van der Waals surface area contributed by atoms with E-state index >= 15 is 0 Å². The topological polar surface area (TPSA) is 83.4 Å². The lowest BCUT2D eigenvalue weighted by atomic mass is 9.82. The van der Waals surface area contributed by atoms with E-state index in [1.807, 2.05) is 18.9 Å². The largest absolute Gasteiger partial charge is 0.464 e. The van der Waals surface area contributed by atoms with Crippen molar-refractivity contribution in [2.75, 3.05) is 37.0 Å². The fourth-order valence-corrected chi connectivity index (χ4v) is 2.34. The van der Waals surface area contributed by atoms with Gasteiger partial charge in [-0.1, -0.05) is 6.92 Å². The smallest absolute Gasteiger partial charge is 0.323 e. The van der Waals surface area contributed by atoms with E-state index in [-0.39, 0.29) is 6.10 Å². The third kappa shape index (κ3) is 4.42. The van der Waals surface area contributed by atoms with Crippen LogP contribution in [0.4, 0.5) is 11.9 Å². The Hall–Kier alpha value is -1.63. The minimum Gasteiger partial charge on any atom is -0.464 e. The molecule has 0 bridgehead atoms. The van der Waals surface area contributed by atoms with E-state index in [1.54, 1.807) is 0 Å². The van der Waals surface area contributed by atoms with Crippen LogP contribution in [0.15, 0.2) is 0 Å². The van der Waals surface area contributed by atoms with Gasteiger partial charge in [-0.2, -0.15) is 15.0 Å². The van der Waals surface area contributed by atoms with Gasteiger partial charge in [0.2, 0.25) is 11.9 Å². The molecule has 1 heterocycles. The van der Waals surface area contributed by atoms with Gasteiger partial charge in [-0.05, 0) is 32.1 Å². The summed E-state index contributed by atoms with van der Waals surface area (Å²) in [6.45, 7) is 6.16. The monoisotopic (exact) mass is 295 g/mol. The summed E-state index contributed by atoms with van der Waals surface area (Å²) in [4.78, 5) is 15.0. The van der Waals surface area contributed by atoms with Crippen molar-refractivity contribution in [1.29, 1.82) is 0 Å². The molecule has 1 aliphatic rings. The number of rotatable bonds is 8. The Morgan fingerprint density at radius 3 is 2.67 bits per heavy atom. The molecule has 118 valence electrons. The number of nitrogens with zero attached hydrogens (tertiary/aromatic N) is 4. The number of nitrogens with one attached hydrogen (secondary N) is 1. The van der Waals surface area contributed by atoms with Gasteiger partial charge in [-0.3, -0.25) is 0 Å². The van der Waals surface area contributed by atoms with Gasteiger partial charge in [0.15, 0.2) is 0 Å². The van der Waals surface area contributed by atoms with Crippen LogP contribution in [-0.4, -0.2) is 52.9 Å². The zero-order valence-corrected chi connectivity index (χ0v) is 13.0. The molecule has 1 aromatic heterocycles. The highest BCUT2D eigenvalue weighted by atomic mass is 16.5. The number of hydrogen-bond donors (Lipinski definition) is 2. The molecule has 0 unspecified atom stereocenters. The van der Waals surface area contributed by atoms with Crippen molar-refractivity contribution in [3.63, 3.8) is 0 Å². The van der Waals surface area contributed by atoms with E-state index in [2.05, 4.69) is 27.2 Å². The van der Waals surface area contributed by atoms with Crippen LogP contribution in [0.2, 0.25) is 0 Å². The zero-order chi connectivity index (χ0) is 15.2. The summed E-state index contributed by atoms with van der Waals surface area (Å²) in [6, 6.07) is 0.349. The van der Waals surface area contributed by atoms with Crippen LogP contribution < -0.4 is 15.0 Å². The maximum atomic E-state index is 9.37. The minimum atomic E-state index is -0.137. The molecule has 7 heteroatoms. The van der Waals surface area contributed by atoms with E-state index in [0.717, 1.165) is 32.4 Å². The van der Waals surface area contributed by atoms with E-state index < -0.39 is 0 Å². The molecular weight excluding hydrogens is 270 g/mol. The number of aliphatic hydroxyl groups is 1. The summed E-state index contributed by atoms with van der Waals surface area (Å²) in [6.07, 6.45) is 2.58. The van der Waals surface area contributed by atoms with Crippen LogP contribution in [0.5, 0.6) is 6.01 Å². The van der Waals surface area contributed by atoms with E-state index in [9.17, 15) is 5.11 Å². The highest BCUT2D eigenvalue weighted by Crippen LogP contribution is 2.28. The Kier molecular flexibility index (Phi) is 5.55. The first-order valence-electron chi connectivity index (χ1n) is 7.64. The van der Waals surface area contributed by atoms with Crippen LogP contribution in [0.1, 0.15) is 33.1 Å². The molecule has 0 aromatic carbocycles. The third-order valence-electron chi connectivity index (χ3n) is 3.49. The van der Waals surface area contributed by atoms with E-state index in [0.29, 0.717) is 30.4 Å². The van der Waals surface area contributed by atoms with Gasteiger partial charge in [0.25, 0.3) is 0 Å². The molecule has 0 amide bonds. The van der Waals surface area contributed by atoms with Gasteiger partial charge in [-0.25, -0.2) is 0 Å². The molecule has 21 heavy (non-hydrogen) atoms. The molecule has 1 aromatic rings. The summed E-state index contributed by atoms with van der Waals surface area (Å²) in [5.74, 6) is 1.66. The minimum absolute atomic E-state index is 0.137. The lowest BCUT2D eigenvalue weighted by Crippen LogP contribution is -2.37. The van der Waals surface area contributed by atoms with E-state index in [1.165, 1.54) is 0 Å². The lowest BCUT2D eigenvalue weighted by molar-refractivity contribution is 0.0463. The number of anilines is 2. The first-order chi connectivity index (χ1) is 10.1. The number of hydrogen-bond acceptors (Lipinski definition) is 7. The standard InChI is InChI=1S/C14H25N5O2/c1-4-6-15-12-16-13(18-14(17-12)21-5-2)19(3)9-10-7-11(20)8-10/h10-11,20H,4-9H2,1-3H3,(H,15,16,17,18). The Balaban J connectivity index is 2.06. The maximum absolute atomic E-state index is 9.37. The quantitative estimate of drug-likeness (QED) is 0.748. The Bertz CT molecular complexity index is 451. The molecule has 1 saturated carbocycles. The first-order valence-corrected chi connectivity index (χ1v) is 7.64. The van der Waals surface area contributed by atoms with Gasteiger partial charge < -0.3 is 20.1 Å². The van der Waals surface area contributed by atoms with Gasteiger partial charge in [0.05, 0.1) is 12.7 Å². The van der Waals surface area contributed by atoms with Gasteiger partial charge in [0.1, 0.15) is 0 Å². The first kappa shape index (κ1) is 15.8.